The number of hydrogen-bond donors (Lipinski definition) is 0. The van der Waals surface area contributed by atoms with Crippen LogP contribution in [0.4, 0.5) is 0 Å². The van der Waals surface area contributed by atoms with Crippen molar-refractivity contribution in [2.24, 2.45) is 0 Å². The van der Waals surface area contributed by atoms with E-state index in [4.69, 9.17) is 11.6 Å². The van der Waals surface area contributed by atoms with Gasteiger partial charge >= 0.3 is 0 Å². The predicted molar refractivity (Wildman–Crippen MR) is 76.3 cm³/mol. The fourth-order valence-corrected chi connectivity index (χ4v) is 2.77. The summed E-state index contributed by atoms with van der Waals surface area (Å²) in [6.07, 6.45) is 3.12. The largest absolute Gasteiger partial charge is 0.341 e. The molecule has 1 atom stereocenters. The molecule has 0 radical (unpaired) electrons. The zero-order chi connectivity index (χ0) is 13.2. The van der Waals surface area contributed by atoms with Crippen LogP contribution in [0.3, 0.4) is 0 Å². The van der Waals surface area contributed by atoms with E-state index in [0.717, 1.165) is 23.9 Å². The number of nitrogens with zero attached hydrogens (tertiary/aromatic N) is 2. The third-order valence-electron chi connectivity index (χ3n) is 3.51. The van der Waals surface area contributed by atoms with Crippen LogP contribution in [-0.4, -0.2) is 34.3 Å². The maximum absolute atomic E-state index is 11.6. The van der Waals surface area contributed by atoms with Crippen molar-refractivity contribution in [3.63, 3.8) is 0 Å². The molecule has 1 saturated heterocycles. The zero-order valence-electron chi connectivity index (χ0n) is 10.6. The first-order valence-corrected chi connectivity index (χ1v) is 6.91. The number of amides is 1. The first kappa shape index (κ1) is 12.4. The topological polar surface area (TPSA) is 33.2 Å². The van der Waals surface area contributed by atoms with Crippen molar-refractivity contribution >= 4 is 28.4 Å². The van der Waals surface area contributed by atoms with Crippen molar-refractivity contribution in [3.8, 4) is 0 Å². The van der Waals surface area contributed by atoms with Crippen LogP contribution in [0.2, 0.25) is 0 Å². The molecule has 1 amide bonds. The quantitative estimate of drug-likeness (QED) is 0.806. The number of carbonyl (C=O) groups excluding carboxylic acids is 1. The Kier molecular flexibility index (Phi) is 3.38. The smallest absolute Gasteiger partial charge is 0.224 e. The second-order valence-corrected chi connectivity index (χ2v) is 5.54. The van der Waals surface area contributed by atoms with E-state index in [1.165, 1.54) is 5.56 Å². The van der Waals surface area contributed by atoms with Gasteiger partial charge in [-0.2, -0.15) is 0 Å². The lowest BCUT2D eigenvalue weighted by Crippen LogP contribution is -2.27. The maximum atomic E-state index is 11.6. The van der Waals surface area contributed by atoms with Crippen LogP contribution in [0.25, 0.3) is 10.9 Å². The van der Waals surface area contributed by atoms with Crippen LogP contribution < -0.4 is 0 Å². The van der Waals surface area contributed by atoms with Crippen LogP contribution in [0.15, 0.2) is 36.5 Å². The highest BCUT2D eigenvalue weighted by atomic mass is 35.5. The Bertz CT molecular complexity index is 614. The molecule has 0 N–H and O–H groups in total. The van der Waals surface area contributed by atoms with Crippen molar-refractivity contribution < 1.29 is 4.79 Å². The molecule has 1 aromatic heterocycles. The highest BCUT2D eigenvalue weighted by molar-refractivity contribution is 6.22. The molecule has 0 spiro atoms. The Hall–Kier alpha value is -1.61. The molecule has 1 aliphatic rings. The summed E-state index contributed by atoms with van der Waals surface area (Å²) < 4.78 is 0. The zero-order valence-corrected chi connectivity index (χ0v) is 11.3. The second-order valence-electron chi connectivity index (χ2n) is 4.92. The Morgan fingerprint density at radius 3 is 3.05 bits per heavy atom. The van der Waals surface area contributed by atoms with E-state index in [1.807, 2.05) is 17.0 Å². The summed E-state index contributed by atoms with van der Waals surface area (Å²) in [6.45, 7) is 1.41. The first-order chi connectivity index (χ1) is 9.22. The summed E-state index contributed by atoms with van der Waals surface area (Å²) in [7, 11) is 0. The summed E-state index contributed by atoms with van der Waals surface area (Å²) >= 11 is 5.99. The Balaban J connectivity index is 1.70. The first-order valence-electron chi connectivity index (χ1n) is 6.48. The van der Waals surface area contributed by atoms with Gasteiger partial charge in [0, 0.05) is 31.1 Å². The van der Waals surface area contributed by atoms with E-state index in [2.05, 4.69) is 23.2 Å². The summed E-state index contributed by atoms with van der Waals surface area (Å²) in [4.78, 5) is 17.8. The van der Waals surface area contributed by atoms with Crippen molar-refractivity contribution in [2.75, 3.05) is 13.1 Å². The van der Waals surface area contributed by atoms with Gasteiger partial charge in [-0.05, 0) is 24.1 Å². The van der Waals surface area contributed by atoms with Crippen LogP contribution in [-0.2, 0) is 11.2 Å². The van der Waals surface area contributed by atoms with Crippen molar-refractivity contribution in [3.05, 3.63) is 42.1 Å². The summed E-state index contributed by atoms with van der Waals surface area (Å²) in [6, 6.07) is 10.3. The van der Waals surface area contributed by atoms with Crippen molar-refractivity contribution in [1.29, 1.82) is 0 Å². The van der Waals surface area contributed by atoms with Gasteiger partial charge in [0.05, 0.1) is 10.9 Å². The third kappa shape index (κ3) is 2.71. The minimum absolute atomic E-state index is 0.0224. The third-order valence-corrected chi connectivity index (χ3v) is 3.80. The molecule has 1 aliphatic heterocycles. The van der Waals surface area contributed by atoms with Crippen LogP contribution in [0.5, 0.6) is 0 Å². The van der Waals surface area contributed by atoms with Gasteiger partial charge in [0.2, 0.25) is 5.91 Å². The van der Waals surface area contributed by atoms with E-state index in [9.17, 15) is 4.79 Å². The fourth-order valence-electron chi connectivity index (χ4n) is 2.47. The molecular formula is C15H15ClN2O. The summed E-state index contributed by atoms with van der Waals surface area (Å²) in [5.41, 5.74) is 2.21. The van der Waals surface area contributed by atoms with E-state index in [-0.39, 0.29) is 11.3 Å². The van der Waals surface area contributed by atoms with Gasteiger partial charge < -0.3 is 4.90 Å². The standard InChI is InChI=1S/C15H15ClN2O/c16-13-9-15(19)18(10-13)7-5-11-3-4-12-2-1-6-17-14(12)8-11/h1-4,6,8,13H,5,7,9-10H2. The highest BCUT2D eigenvalue weighted by Crippen LogP contribution is 2.18. The van der Waals surface area contributed by atoms with Gasteiger partial charge in [-0.3, -0.25) is 9.78 Å². The van der Waals surface area contributed by atoms with Crippen LogP contribution in [0, 0.1) is 0 Å². The lowest BCUT2D eigenvalue weighted by molar-refractivity contribution is -0.127. The lowest BCUT2D eigenvalue weighted by Gasteiger charge is -2.15. The Morgan fingerprint density at radius 2 is 2.26 bits per heavy atom. The lowest BCUT2D eigenvalue weighted by atomic mass is 10.1. The van der Waals surface area contributed by atoms with Crippen molar-refractivity contribution in [1.82, 2.24) is 9.88 Å². The maximum Gasteiger partial charge on any atom is 0.224 e. The van der Waals surface area contributed by atoms with Gasteiger partial charge in [0.1, 0.15) is 0 Å². The number of rotatable bonds is 3. The number of likely N-dealkylation sites (tertiary alicyclic amines) is 1. The molecule has 2 heterocycles. The number of halogens is 1. The van der Waals surface area contributed by atoms with Gasteiger partial charge in [-0.25, -0.2) is 0 Å². The SMILES string of the molecule is O=C1CC(Cl)CN1CCc1ccc2cccnc2c1. The van der Waals surface area contributed by atoms with Gasteiger partial charge in [0.25, 0.3) is 0 Å². The minimum Gasteiger partial charge on any atom is -0.341 e. The molecule has 1 fully saturated rings. The molecule has 0 bridgehead atoms. The van der Waals surface area contributed by atoms with Crippen molar-refractivity contribution in [2.45, 2.75) is 18.2 Å². The number of pyridine rings is 1. The van der Waals surface area contributed by atoms with E-state index in [1.54, 1.807) is 6.20 Å². The van der Waals surface area contributed by atoms with E-state index in [0.29, 0.717) is 13.0 Å². The van der Waals surface area contributed by atoms with E-state index < -0.39 is 0 Å². The predicted octanol–water partition coefficient (Wildman–Crippen LogP) is 2.62. The molecule has 2 aromatic rings. The molecule has 0 saturated carbocycles. The number of benzene rings is 1. The van der Waals surface area contributed by atoms with Crippen LogP contribution in [0.1, 0.15) is 12.0 Å². The molecule has 19 heavy (non-hydrogen) atoms. The Morgan fingerprint density at radius 1 is 1.37 bits per heavy atom. The Labute approximate surface area is 117 Å². The molecule has 3 nitrogen and oxygen atoms in total. The molecule has 4 heteroatoms. The minimum atomic E-state index is -0.0224. The van der Waals surface area contributed by atoms with Gasteiger partial charge in [-0.15, -0.1) is 11.6 Å². The molecule has 1 unspecified atom stereocenters. The number of fused-ring (bicyclic) bond motifs is 1. The molecular weight excluding hydrogens is 260 g/mol. The normalized spacial score (nSPS) is 19.3. The molecule has 1 aromatic carbocycles. The summed E-state index contributed by atoms with van der Waals surface area (Å²) in [5, 5.41) is 1.12. The average Bonchev–Trinajstić information content (AvgIpc) is 2.74. The summed E-state index contributed by atoms with van der Waals surface area (Å²) in [5.74, 6) is 0.166. The van der Waals surface area contributed by atoms with Gasteiger partial charge in [-0.1, -0.05) is 18.2 Å². The monoisotopic (exact) mass is 274 g/mol. The molecule has 98 valence electrons. The molecule has 0 aliphatic carbocycles. The second kappa shape index (κ2) is 5.17. The highest BCUT2D eigenvalue weighted by Gasteiger charge is 2.27. The average molecular weight is 275 g/mol. The number of alkyl halides is 1. The van der Waals surface area contributed by atoms with Crippen LogP contribution >= 0.6 is 11.6 Å². The fraction of sp³-hybridized carbons (Fsp3) is 0.333. The number of aromatic nitrogens is 1. The number of carbonyl (C=O) groups is 1. The molecule has 3 rings (SSSR count). The number of hydrogen-bond acceptors (Lipinski definition) is 2. The van der Waals surface area contributed by atoms with E-state index >= 15 is 0 Å². The van der Waals surface area contributed by atoms with Gasteiger partial charge in [0.15, 0.2) is 0 Å².